The van der Waals surface area contributed by atoms with Gasteiger partial charge in [-0.15, -0.1) is 35.8 Å². The van der Waals surface area contributed by atoms with Gasteiger partial charge in [0.2, 0.25) is 5.91 Å². The van der Waals surface area contributed by atoms with Crippen LogP contribution in [0.4, 0.5) is 13.2 Å². The van der Waals surface area contributed by atoms with Crippen LogP contribution in [0.3, 0.4) is 0 Å². The van der Waals surface area contributed by atoms with E-state index in [2.05, 4.69) is 20.6 Å². The van der Waals surface area contributed by atoms with E-state index in [0.717, 1.165) is 34.8 Å². The Morgan fingerprint density at radius 3 is 2.29 bits per heavy atom. The molecule has 3 amide bonds. The molecule has 14 heteroatoms. The number of amides is 3. The molecule has 4 rings (SSSR count). The summed E-state index contributed by atoms with van der Waals surface area (Å²) < 4.78 is 41.0. The molecule has 41 heavy (non-hydrogen) atoms. The number of benzene rings is 2. The van der Waals surface area contributed by atoms with Crippen molar-refractivity contribution >= 4 is 46.1 Å². The Labute approximate surface area is 239 Å². The number of nitrogens with zero attached hydrogens (tertiary/aromatic N) is 1. The molecule has 4 aromatic rings. The summed E-state index contributed by atoms with van der Waals surface area (Å²) >= 11 is 2.08. The minimum atomic E-state index is -4.81. The van der Waals surface area contributed by atoms with Gasteiger partial charge >= 0.3 is 6.36 Å². The summed E-state index contributed by atoms with van der Waals surface area (Å²) in [6.45, 7) is 1.63. The Hall–Kier alpha value is -4.69. The van der Waals surface area contributed by atoms with E-state index in [-0.39, 0.29) is 33.5 Å². The number of ether oxygens (including phenoxy) is 1. The highest BCUT2D eigenvalue weighted by Crippen LogP contribution is 2.39. The van der Waals surface area contributed by atoms with Crippen molar-refractivity contribution in [2.45, 2.75) is 19.8 Å². The molecule has 2 aromatic heterocycles. The van der Waals surface area contributed by atoms with Gasteiger partial charge in [-0.2, -0.15) is 5.10 Å². The Balaban J connectivity index is 1.38. The molecule has 0 saturated carbocycles. The third-order valence-electron chi connectivity index (χ3n) is 5.61. The fourth-order valence-electron chi connectivity index (χ4n) is 3.63. The van der Waals surface area contributed by atoms with Crippen LogP contribution in [-0.4, -0.2) is 34.9 Å². The highest BCUT2D eigenvalue weighted by molar-refractivity contribution is 7.16. The van der Waals surface area contributed by atoms with Gasteiger partial charge in [-0.3, -0.25) is 14.4 Å². The van der Waals surface area contributed by atoms with E-state index in [4.69, 9.17) is 5.73 Å². The van der Waals surface area contributed by atoms with Crippen LogP contribution in [0, 0.1) is 0 Å². The number of hydrogen-bond acceptors (Lipinski definition) is 8. The standard InChI is InChI=1S/C27H21F3N4O5S2/c1-14(19-13-40-23(22(19)35)15-6-8-17(9-7-15)39-27(28,29)30)33-34-26(38)21-11-10-20(41-21)25(37)32-12-16-4-2-3-5-18(16)24(31)36/h2-11,13,35H,12H2,1H3,(H2,31,36)(H,32,37)(H,34,38). The van der Waals surface area contributed by atoms with Crippen molar-refractivity contribution in [3.63, 3.8) is 0 Å². The van der Waals surface area contributed by atoms with Gasteiger partial charge in [0.05, 0.1) is 25.9 Å². The lowest BCUT2D eigenvalue weighted by Gasteiger charge is -2.09. The molecule has 9 nitrogen and oxygen atoms in total. The molecule has 0 spiro atoms. The third-order valence-corrected chi connectivity index (χ3v) is 7.71. The highest BCUT2D eigenvalue weighted by atomic mass is 32.1. The van der Waals surface area contributed by atoms with Crippen molar-refractivity contribution < 1.29 is 37.4 Å². The topological polar surface area (TPSA) is 143 Å². The summed E-state index contributed by atoms with van der Waals surface area (Å²) in [7, 11) is 0. The molecule has 5 N–H and O–H groups in total. The van der Waals surface area contributed by atoms with Crippen molar-refractivity contribution in [3.05, 3.63) is 92.5 Å². The molecule has 2 heterocycles. The number of carbonyl (C=O) groups is 3. The lowest BCUT2D eigenvalue weighted by atomic mass is 10.1. The Morgan fingerprint density at radius 1 is 0.976 bits per heavy atom. The number of carbonyl (C=O) groups excluding carboxylic acids is 3. The van der Waals surface area contributed by atoms with Crippen molar-refractivity contribution in [1.82, 2.24) is 10.7 Å². The number of hydrazone groups is 1. The molecule has 0 aliphatic rings. The van der Waals surface area contributed by atoms with Gasteiger partial charge in [-0.1, -0.05) is 18.2 Å². The summed E-state index contributed by atoms with van der Waals surface area (Å²) in [4.78, 5) is 37.6. The minimum absolute atomic E-state index is 0.0679. The van der Waals surface area contributed by atoms with Crippen molar-refractivity contribution in [1.29, 1.82) is 0 Å². The van der Waals surface area contributed by atoms with Crippen LogP contribution in [0.5, 0.6) is 11.5 Å². The average Bonchev–Trinajstić information content (AvgIpc) is 3.57. The second kappa shape index (κ2) is 12.2. The summed E-state index contributed by atoms with van der Waals surface area (Å²) in [5, 5.41) is 19.0. The van der Waals surface area contributed by atoms with Crippen LogP contribution in [0.2, 0.25) is 0 Å². The predicted molar refractivity (Wildman–Crippen MR) is 148 cm³/mol. The van der Waals surface area contributed by atoms with Gasteiger partial charge < -0.3 is 20.9 Å². The fraction of sp³-hybridized carbons (Fsp3) is 0.111. The minimum Gasteiger partial charge on any atom is -0.506 e. The van der Waals surface area contributed by atoms with Crippen LogP contribution >= 0.6 is 22.7 Å². The maximum Gasteiger partial charge on any atom is 0.573 e. The molecular formula is C27H21F3N4O5S2. The van der Waals surface area contributed by atoms with E-state index in [0.29, 0.717) is 27.1 Å². The number of halogens is 3. The van der Waals surface area contributed by atoms with E-state index in [1.54, 1.807) is 36.6 Å². The van der Waals surface area contributed by atoms with Crippen molar-refractivity contribution in [3.8, 4) is 21.9 Å². The fourth-order valence-corrected chi connectivity index (χ4v) is 5.45. The molecule has 0 atom stereocenters. The lowest BCUT2D eigenvalue weighted by Crippen LogP contribution is -2.24. The molecular weight excluding hydrogens is 581 g/mol. The maximum absolute atomic E-state index is 12.6. The Bertz CT molecular complexity index is 1630. The number of nitrogens with one attached hydrogen (secondary N) is 2. The average molecular weight is 603 g/mol. The quantitative estimate of drug-likeness (QED) is 0.153. The number of thiophene rings is 2. The third kappa shape index (κ3) is 7.29. The normalized spacial score (nSPS) is 11.7. The van der Waals surface area contributed by atoms with Gasteiger partial charge in [0.25, 0.3) is 11.8 Å². The summed E-state index contributed by atoms with van der Waals surface area (Å²) in [6, 6.07) is 14.6. The second-order valence-electron chi connectivity index (χ2n) is 8.41. The summed E-state index contributed by atoms with van der Waals surface area (Å²) in [5.41, 5.74) is 9.65. The van der Waals surface area contributed by atoms with E-state index in [1.807, 2.05) is 0 Å². The number of rotatable bonds is 9. The van der Waals surface area contributed by atoms with Crippen LogP contribution < -0.4 is 21.2 Å². The second-order valence-corrected chi connectivity index (χ2v) is 10.4. The number of aromatic hydroxyl groups is 1. The van der Waals surface area contributed by atoms with Crippen LogP contribution in [0.25, 0.3) is 10.4 Å². The molecule has 0 aliphatic carbocycles. The van der Waals surface area contributed by atoms with E-state index < -0.39 is 24.1 Å². The first-order chi connectivity index (χ1) is 19.4. The first-order valence-electron chi connectivity index (χ1n) is 11.7. The van der Waals surface area contributed by atoms with E-state index in [1.165, 1.54) is 24.3 Å². The molecule has 2 aromatic carbocycles. The van der Waals surface area contributed by atoms with E-state index in [9.17, 15) is 32.7 Å². The summed E-state index contributed by atoms with van der Waals surface area (Å²) in [5.74, 6) is -2.17. The maximum atomic E-state index is 12.6. The molecule has 0 unspecified atom stereocenters. The molecule has 0 radical (unpaired) electrons. The molecule has 212 valence electrons. The molecule has 0 fully saturated rings. The smallest absolute Gasteiger partial charge is 0.506 e. The van der Waals surface area contributed by atoms with Crippen LogP contribution in [0.15, 0.2) is 71.1 Å². The first-order valence-corrected chi connectivity index (χ1v) is 13.4. The number of primary amides is 1. The highest BCUT2D eigenvalue weighted by Gasteiger charge is 2.31. The predicted octanol–water partition coefficient (Wildman–Crippen LogP) is 5.26. The van der Waals surface area contributed by atoms with Crippen molar-refractivity contribution in [2.75, 3.05) is 0 Å². The van der Waals surface area contributed by atoms with E-state index >= 15 is 0 Å². The van der Waals surface area contributed by atoms with Crippen molar-refractivity contribution in [2.24, 2.45) is 10.8 Å². The van der Waals surface area contributed by atoms with Gasteiger partial charge in [-0.25, -0.2) is 5.43 Å². The summed E-state index contributed by atoms with van der Waals surface area (Å²) in [6.07, 6.45) is -4.81. The van der Waals surface area contributed by atoms with Gasteiger partial charge in [-0.05, 0) is 60.5 Å². The molecule has 0 bridgehead atoms. The number of nitrogens with two attached hydrogens (primary N) is 1. The zero-order chi connectivity index (χ0) is 29.7. The van der Waals surface area contributed by atoms with Gasteiger partial charge in [0, 0.05) is 17.5 Å². The molecule has 0 aliphatic heterocycles. The van der Waals surface area contributed by atoms with Gasteiger partial charge in [0.15, 0.2) is 0 Å². The first kappa shape index (κ1) is 29.3. The largest absolute Gasteiger partial charge is 0.573 e. The monoisotopic (exact) mass is 602 g/mol. The van der Waals surface area contributed by atoms with Crippen LogP contribution in [-0.2, 0) is 6.54 Å². The zero-order valence-corrected chi connectivity index (χ0v) is 22.7. The SMILES string of the molecule is CC(=NNC(=O)c1ccc(C(=O)NCc2ccccc2C(N)=O)s1)c1csc(-c2ccc(OC(F)(F)F)cc2)c1O. The van der Waals surface area contributed by atoms with Crippen LogP contribution in [0.1, 0.15) is 47.8 Å². The number of alkyl halides is 3. The van der Waals surface area contributed by atoms with Gasteiger partial charge in [0.1, 0.15) is 11.5 Å². The zero-order valence-electron chi connectivity index (χ0n) is 21.1. The Kier molecular flexibility index (Phi) is 8.74. The molecule has 0 saturated heterocycles. The number of hydrogen-bond donors (Lipinski definition) is 4. The Morgan fingerprint density at radius 2 is 1.63 bits per heavy atom. The lowest BCUT2D eigenvalue weighted by molar-refractivity contribution is -0.274.